The van der Waals surface area contributed by atoms with E-state index in [1.165, 1.54) is 0 Å². The van der Waals surface area contributed by atoms with Crippen LogP contribution in [0.15, 0.2) is 60.8 Å². The molecule has 0 aliphatic rings. The fourth-order valence-electron chi connectivity index (χ4n) is 2.54. The topological polar surface area (TPSA) is 73.2 Å². The number of hydrogen-bond acceptors (Lipinski definition) is 4. The van der Waals surface area contributed by atoms with E-state index in [1.807, 2.05) is 25.1 Å². The SMILES string of the molecule is CCOC(=O)c1cccc(NC(=O)c2ccc(-n3nccc3C)cc2)c1. The number of anilines is 1. The Kier molecular flexibility index (Phi) is 5.12. The predicted octanol–water partition coefficient (Wildman–Crippen LogP) is 3.61. The normalized spacial score (nSPS) is 10.4. The lowest BCUT2D eigenvalue weighted by Crippen LogP contribution is -2.13. The number of nitrogens with zero attached hydrogens (tertiary/aromatic N) is 2. The Hall–Kier alpha value is -3.41. The van der Waals surface area contributed by atoms with Crippen LogP contribution in [-0.4, -0.2) is 28.3 Å². The van der Waals surface area contributed by atoms with Crippen LogP contribution in [0, 0.1) is 6.92 Å². The molecule has 1 aromatic heterocycles. The first kappa shape index (κ1) is 17.4. The second kappa shape index (κ2) is 7.65. The van der Waals surface area contributed by atoms with E-state index in [2.05, 4.69) is 10.4 Å². The van der Waals surface area contributed by atoms with Gasteiger partial charge in [-0.15, -0.1) is 0 Å². The van der Waals surface area contributed by atoms with E-state index in [-0.39, 0.29) is 5.91 Å². The highest BCUT2D eigenvalue weighted by atomic mass is 16.5. The molecule has 0 atom stereocenters. The number of nitrogens with one attached hydrogen (secondary N) is 1. The van der Waals surface area contributed by atoms with E-state index in [9.17, 15) is 9.59 Å². The summed E-state index contributed by atoms with van der Waals surface area (Å²) in [6, 6.07) is 15.7. The lowest BCUT2D eigenvalue weighted by molar-refractivity contribution is 0.0526. The maximum Gasteiger partial charge on any atom is 0.338 e. The average Bonchev–Trinajstić information content (AvgIpc) is 3.08. The van der Waals surface area contributed by atoms with Crippen LogP contribution < -0.4 is 5.32 Å². The van der Waals surface area contributed by atoms with Gasteiger partial charge in [-0.05, 0) is 62.4 Å². The number of aryl methyl sites for hydroxylation is 1. The summed E-state index contributed by atoms with van der Waals surface area (Å²) in [5, 5.41) is 7.03. The molecule has 1 N–H and O–H groups in total. The fourth-order valence-corrected chi connectivity index (χ4v) is 2.54. The van der Waals surface area contributed by atoms with Crippen molar-refractivity contribution >= 4 is 17.6 Å². The summed E-state index contributed by atoms with van der Waals surface area (Å²) in [5.74, 6) is -0.669. The summed E-state index contributed by atoms with van der Waals surface area (Å²) in [6.07, 6.45) is 1.73. The van der Waals surface area contributed by atoms with E-state index in [0.29, 0.717) is 23.4 Å². The first-order valence-corrected chi connectivity index (χ1v) is 8.28. The van der Waals surface area contributed by atoms with E-state index in [0.717, 1.165) is 11.4 Å². The van der Waals surface area contributed by atoms with Gasteiger partial charge in [0.15, 0.2) is 0 Å². The first-order valence-electron chi connectivity index (χ1n) is 8.28. The second-order valence-corrected chi connectivity index (χ2v) is 5.69. The van der Waals surface area contributed by atoms with Crippen molar-refractivity contribution in [2.24, 2.45) is 0 Å². The standard InChI is InChI=1S/C20H19N3O3/c1-3-26-20(25)16-5-4-6-17(13-16)22-19(24)15-7-9-18(10-8-15)23-14(2)11-12-21-23/h4-13H,3H2,1-2H3,(H,22,24). The molecule has 3 rings (SSSR count). The van der Waals surface area contributed by atoms with Crippen molar-refractivity contribution in [2.45, 2.75) is 13.8 Å². The molecule has 0 aliphatic carbocycles. The van der Waals surface area contributed by atoms with Crippen LogP contribution in [-0.2, 0) is 4.74 Å². The van der Waals surface area contributed by atoms with E-state index in [4.69, 9.17) is 4.74 Å². The smallest absolute Gasteiger partial charge is 0.338 e. The fraction of sp³-hybridized carbons (Fsp3) is 0.150. The monoisotopic (exact) mass is 349 g/mol. The minimum Gasteiger partial charge on any atom is -0.462 e. The van der Waals surface area contributed by atoms with Gasteiger partial charge in [-0.3, -0.25) is 4.79 Å². The number of rotatable bonds is 5. The molecule has 1 amide bonds. The zero-order chi connectivity index (χ0) is 18.5. The predicted molar refractivity (Wildman–Crippen MR) is 98.7 cm³/mol. The molecule has 6 heteroatoms. The molecule has 0 saturated carbocycles. The highest BCUT2D eigenvalue weighted by Crippen LogP contribution is 2.15. The van der Waals surface area contributed by atoms with E-state index >= 15 is 0 Å². The van der Waals surface area contributed by atoms with Crippen LogP contribution in [0.25, 0.3) is 5.69 Å². The molecule has 3 aromatic rings. The molecule has 0 unspecified atom stereocenters. The van der Waals surface area contributed by atoms with Crippen LogP contribution in [0.5, 0.6) is 0 Å². The number of amides is 1. The molecule has 0 radical (unpaired) electrons. The summed E-state index contributed by atoms with van der Waals surface area (Å²) < 4.78 is 6.77. The third-order valence-electron chi connectivity index (χ3n) is 3.84. The summed E-state index contributed by atoms with van der Waals surface area (Å²) in [7, 11) is 0. The molecular formula is C20H19N3O3. The van der Waals surface area contributed by atoms with Crippen molar-refractivity contribution in [3.63, 3.8) is 0 Å². The maximum absolute atomic E-state index is 12.4. The van der Waals surface area contributed by atoms with E-state index in [1.54, 1.807) is 54.2 Å². The van der Waals surface area contributed by atoms with Gasteiger partial charge in [0.1, 0.15) is 0 Å². The van der Waals surface area contributed by atoms with Crippen LogP contribution in [0.2, 0.25) is 0 Å². The van der Waals surface area contributed by atoms with Crippen molar-refractivity contribution in [1.82, 2.24) is 9.78 Å². The van der Waals surface area contributed by atoms with Gasteiger partial charge in [-0.25, -0.2) is 9.48 Å². The number of carbonyl (C=O) groups excluding carboxylic acids is 2. The van der Waals surface area contributed by atoms with Gasteiger partial charge in [0.25, 0.3) is 5.91 Å². The Morgan fingerprint density at radius 2 is 1.85 bits per heavy atom. The van der Waals surface area contributed by atoms with Gasteiger partial charge in [-0.1, -0.05) is 6.07 Å². The quantitative estimate of drug-likeness (QED) is 0.714. The zero-order valence-electron chi connectivity index (χ0n) is 14.6. The Balaban J connectivity index is 1.73. The van der Waals surface area contributed by atoms with Crippen molar-refractivity contribution in [3.05, 3.63) is 77.6 Å². The van der Waals surface area contributed by atoms with Gasteiger partial charge in [0, 0.05) is 23.1 Å². The van der Waals surface area contributed by atoms with Gasteiger partial charge in [-0.2, -0.15) is 5.10 Å². The van der Waals surface area contributed by atoms with Crippen molar-refractivity contribution in [2.75, 3.05) is 11.9 Å². The average molecular weight is 349 g/mol. The minimum atomic E-state index is -0.414. The Bertz CT molecular complexity index is 929. The minimum absolute atomic E-state index is 0.255. The van der Waals surface area contributed by atoms with Crippen LogP contribution in [0.3, 0.4) is 0 Å². The lowest BCUT2D eigenvalue weighted by Gasteiger charge is -2.09. The molecule has 0 spiro atoms. The van der Waals surface area contributed by atoms with Crippen LogP contribution in [0.4, 0.5) is 5.69 Å². The molecule has 1 heterocycles. The number of hydrogen-bond donors (Lipinski definition) is 1. The molecular weight excluding hydrogens is 330 g/mol. The van der Waals surface area contributed by atoms with E-state index < -0.39 is 5.97 Å². The lowest BCUT2D eigenvalue weighted by atomic mass is 10.1. The highest BCUT2D eigenvalue weighted by molar-refractivity contribution is 6.05. The van der Waals surface area contributed by atoms with Crippen molar-refractivity contribution < 1.29 is 14.3 Å². The van der Waals surface area contributed by atoms with Gasteiger partial charge in [0.05, 0.1) is 17.9 Å². The van der Waals surface area contributed by atoms with Gasteiger partial charge < -0.3 is 10.1 Å². The molecule has 6 nitrogen and oxygen atoms in total. The van der Waals surface area contributed by atoms with Crippen LogP contribution in [0.1, 0.15) is 33.3 Å². The van der Waals surface area contributed by atoms with Gasteiger partial charge in [0.2, 0.25) is 0 Å². The molecule has 0 fully saturated rings. The maximum atomic E-state index is 12.4. The van der Waals surface area contributed by atoms with Gasteiger partial charge >= 0.3 is 5.97 Å². The number of benzene rings is 2. The number of esters is 1. The highest BCUT2D eigenvalue weighted by Gasteiger charge is 2.10. The molecule has 0 saturated heterocycles. The second-order valence-electron chi connectivity index (χ2n) is 5.69. The Morgan fingerprint density at radius 3 is 2.50 bits per heavy atom. The summed E-state index contributed by atoms with van der Waals surface area (Å²) >= 11 is 0. The third kappa shape index (κ3) is 3.80. The zero-order valence-corrected chi connectivity index (χ0v) is 14.6. The van der Waals surface area contributed by atoms with Crippen molar-refractivity contribution in [1.29, 1.82) is 0 Å². The first-order chi connectivity index (χ1) is 12.6. The molecule has 0 aliphatic heterocycles. The van der Waals surface area contributed by atoms with Crippen molar-refractivity contribution in [3.8, 4) is 5.69 Å². The number of carbonyl (C=O) groups is 2. The third-order valence-corrected chi connectivity index (χ3v) is 3.84. The Labute approximate surface area is 151 Å². The molecule has 132 valence electrons. The summed E-state index contributed by atoms with van der Waals surface area (Å²) in [5.41, 5.74) is 3.34. The molecule has 2 aromatic carbocycles. The largest absolute Gasteiger partial charge is 0.462 e. The number of aromatic nitrogens is 2. The Morgan fingerprint density at radius 1 is 1.08 bits per heavy atom. The number of ether oxygens (including phenoxy) is 1. The molecule has 26 heavy (non-hydrogen) atoms. The van der Waals surface area contributed by atoms with Crippen LogP contribution >= 0.6 is 0 Å². The summed E-state index contributed by atoms with van der Waals surface area (Å²) in [4.78, 5) is 24.2. The molecule has 0 bridgehead atoms. The summed E-state index contributed by atoms with van der Waals surface area (Å²) in [6.45, 7) is 4.01.